The number of ether oxygens (including phenoxy) is 3. The molecule has 5 aromatic rings. The molecule has 0 aliphatic heterocycles. The third-order valence-electron chi connectivity index (χ3n) is 9.00. The van der Waals surface area contributed by atoms with Gasteiger partial charge in [0.2, 0.25) is 0 Å². The highest BCUT2D eigenvalue weighted by atomic mass is 16.6. The predicted molar refractivity (Wildman–Crippen MR) is 187 cm³/mol. The summed E-state index contributed by atoms with van der Waals surface area (Å²) in [4.78, 5) is 22.5. The van der Waals surface area contributed by atoms with E-state index in [-0.39, 0.29) is 6.04 Å². The second-order valence-electron chi connectivity index (χ2n) is 13.5. The first-order valence-electron chi connectivity index (χ1n) is 16.5. The summed E-state index contributed by atoms with van der Waals surface area (Å²) in [6, 6.07) is 20.6. The zero-order chi connectivity index (χ0) is 33.4. The van der Waals surface area contributed by atoms with E-state index in [0.717, 1.165) is 87.6 Å². The maximum atomic E-state index is 12.3. The van der Waals surface area contributed by atoms with E-state index in [1.165, 1.54) is 11.1 Å². The number of hydrogen-bond donors (Lipinski definition) is 1. The monoisotopic (exact) mass is 643 g/mol. The van der Waals surface area contributed by atoms with Crippen LogP contribution in [0.1, 0.15) is 62.4 Å². The Bertz CT molecular complexity index is 2010. The molecule has 9 nitrogen and oxygen atoms in total. The minimum atomic E-state index is -0.538. The Balaban J connectivity index is 1.24. The van der Waals surface area contributed by atoms with Crippen molar-refractivity contribution in [1.29, 1.82) is 0 Å². The van der Waals surface area contributed by atoms with Crippen LogP contribution in [0.2, 0.25) is 0 Å². The largest absolute Gasteiger partial charge is 0.497 e. The lowest BCUT2D eigenvalue weighted by atomic mass is 9.99. The lowest BCUT2D eigenvalue weighted by Gasteiger charge is -2.21. The molecule has 9 heteroatoms. The Kier molecular flexibility index (Phi) is 8.37. The van der Waals surface area contributed by atoms with Crippen LogP contribution in [0.3, 0.4) is 0 Å². The average Bonchev–Trinajstić information content (AvgIpc) is 3.83. The van der Waals surface area contributed by atoms with Gasteiger partial charge < -0.3 is 19.5 Å². The van der Waals surface area contributed by atoms with Gasteiger partial charge in [-0.1, -0.05) is 36.4 Å². The van der Waals surface area contributed by atoms with Gasteiger partial charge in [0, 0.05) is 29.4 Å². The maximum absolute atomic E-state index is 12.3. The Hall–Kier alpha value is -5.18. The molecular weight excluding hydrogens is 602 g/mol. The molecule has 3 aromatic heterocycles. The van der Waals surface area contributed by atoms with Crippen LogP contribution in [0.5, 0.6) is 11.5 Å². The van der Waals surface area contributed by atoms with Crippen LogP contribution in [0.25, 0.3) is 39.1 Å². The lowest BCUT2D eigenvalue weighted by Crippen LogP contribution is -2.38. The van der Waals surface area contributed by atoms with E-state index in [1.807, 2.05) is 49.8 Å². The molecule has 48 heavy (non-hydrogen) atoms. The molecule has 2 aromatic carbocycles. The summed E-state index contributed by atoms with van der Waals surface area (Å²) in [7, 11) is 3.37. The number of nitrogens with one attached hydrogen (secondary N) is 1. The first-order chi connectivity index (χ1) is 23.2. The van der Waals surface area contributed by atoms with Crippen molar-refractivity contribution in [3.05, 3.63) is 95.3 Å². The molecule has 0 saturated carbocycles. The molecule has 2 aliphatic rings. The molecule has 0 spiro atoms. The Morgan fingerprint density at radius 2 is 1.83 bits per heavy atom. The summed E-state index contributed by atoms with van der Waals surface area (Å²) in [5.41, 5.74) is 10.5. The first kappa shape index (κ1) is 31.4. The molecule has 246 valence electrons. The quantitative estimate of drug-likeness (QED) is 0.184. The van der Waals surface area contributed by atoms with E-state index in [2.05, 4.69) is 53.9 Å². The van der Waals surface area contributed by atoms with Crippen LogP contribution in [0.4, 0.5) is 4.79 Å². The van der Waals surface area contributed by atoms with Crippen molar-refractivity contribution in [2.45, 2.75) is 71.1 Å². The van der Waals surface area contributed by atoms with Crippen LogP contribution in [-0.4, -0.2) is 51.7 Å². The summed E-state index contributed by atoms with van der Waals surface area (Å²) < 4.78 is 18.8. The number of alkyl carbamates (subject to hydrolysis) is 1. The van der Waals surface area contributed by atoms with E-state index in [0.29, 0.717) is 13.0 Å². The second kappa shape index (κ2) is 12.8. The molecule has 1 atom stereocenters. The van der Waals surface area contributed by atoms with E-state index in [4.69, 9.17) is 29.3 Å². The Morgan fingerprint density at radius 1 is 1.00 bits per heavy atom. The topological polar surface area (TPSA) is 100 Å². The molecule has 1 amide bonds. The van der Waals surface area contributed by atoms with Crippen molar-refractivity contribution < 1.29 is 19.0 Å². The summed E-state index contributed by atoms with van der Waals surface area (Å²) in [6.07, 6.45) is 8.31. The number of aryl methyl sites for hydroxylation is 1. The highest BCUT2D eigenvalue weighted by molar-refractivity contribution is 5.93. The molecule has 0 fully saturated rings. The number of carbonyl (C=O) groups excluding carboxylic acids is 1. The average molecular weight is 644 g/mol. The van der Waals surface area contributed by atoms with Gasteiger partial charge in [0.25, 0.3) is 0 Å². The molecule has 1 unspecified atom stereocenters. The Morgan fingerprint density at radius 3 is 2.56 bits per heavy atom. The SMILES string of the molecule is COc1ccc(Cn2nc(-c3ccc(C4=CCC(NC(=O)OC(C)(C)C)C4)nc3)c3nc(-c4cccc5c4CCC5)c(OC)cc32)cc1. The van der Waals surface area contributed by atoms with Gasteiger partial charge in [-0.2, -0.15) is 5.10 Å². The molecule has 2 aliphatic carbocycles. The third kappa shape index (κ3) is 6.37. The highest BCUT2D eigenvalue weighted by Crippen LogP contribution is 2.40. The fourth-order valence-electron chi connectivity index (χ4n) is 6.72. The summed E-state index contributed by atoms with van der Waals surface area (Å²) in [5, 5.41) is 8.12. The van der Waals surface area contributed by atoms with Crippen LogP contribution in [0, 0.1) is 0 Å². The van der Waals surface area contributed by atoms with Crippen LogP contribution < -0.4 is 14.8 Å². The fourth-order valence-corrected chi connectivity index (χ4v) is 6.72. The van der Waals surface area contributed by atoms with Crippen molar-refractivity contribution in [2.24, 2.45) is 0 Å². The molecule has 0 saturated heterocycles. The van der Waals surface area contributed by atoms with Gasteiger partial charge in [-0.05, 0) is 99.4 Å². The smallest absolute Gasteiger partial charge is 0.407 e. The van der Waals surface area contributed by atoms with Crippen molar-refractivity contribution in [3.8, 4) is 34.0 Å². The maximum Gasteiger partial charge on any atom is 0.407 e. The van der Waals surface area contributed by atoms with Gasteiger partial charge in [-0.3, -0.25) is 9.67 Å². The minimum Gasteiger partial charge on any atom is -0.497 e. The predicted octanol–water partition coefficient (Wildman–Crippen LogP) is 7.79. The van der Waals surface area contributed by atoms with E-state index >= 15 is 0 Å². The standard InChI is InChI=1S/C39H41N5O4/c1-39(2,3)48-38(45)41-28-16-14-26(20-28)32-19-15-27(22-40-32)35-37-33(44(43-35)23-24-12-17-29(46-4)18-13-24)21-34(47-5)36(42-37)31-11-7-9-25-8-6-10-30(25)31/h7,9,11-15,17-19,21-22,28H,6,8,10,16,20,23H2,1-5H3,(H,41,45). The zero-order valence-electron chi connectivity index (χ0n) is 28.2. The third-order valence-corrected chi connectivity index (χ3v) is 9.00. The number of amides is 1. The number of rotatable bonds is 8. The number of benzene rings is 2. The van der Waals surface area contributed by atoms with Gasteiger partial charge in [0.15, 0.2) is 0 Å². The number of nitrogens with zero attached hydrogens (tertiary/aromatic N) is 4. The van der Waals surface area contributed by atoms with Gasteiger partial charge in [-0.25, -0.2) is 9.78 Å². The summed E-state index contributed by atoms with van der Waals surface area (Å²) in [6.45, 7) is 6.14. The molecule has 7 rings (SSSR count). The first-order valence-corrected chi connectivity index (χ1v) is 16.5. The van der Waals surface area contributed by atoms with Gasteiger partial charge in [0.05, 0.1) is 32.0 Å². The lowest BCUT2D eigenvalue weighted by molar-refractivity contribution is 0.0507. The van der Waals surface area contributed by atoms with E-state index in [9.17, 15) is 4.79 Å². The number of hydrogen-bond acceptors (Lipinski definition) is 7. The minimum absolute atomic E-state index is 0.0223. The summed E-state index contributed by atoms with van der Waals surface area (Å²) >= 11 is 0. The highest BCUT2D eigenvalue weighted by Gasteiger charge is 2.25. The molecule has 3 heterocycles. The van der Waals surface area contributed by atoms with Crippen molar-refractivity contribution in [3.63, 3.8) is 0 Å². The van der Waals surface area contributed by atoms with E-state index in [1.54, 1.807) is 14.2 Å². The molecule has 0 radical (unpaired) electrons. The molecular formula is C39H41N5O4. The number of pyridine rings is 2. The van der Waals surface area contributed by atoms with Gasteiger partial charge in [0.1, 0.15) is 34.0 Å². The normalized spacial score (nSPS) is 15.7. The summed E-state index contributed by atoms with van der Waals surface area (Å²) in [5.74, 6) is 1.53. The zero-order valence-corrected chi connectivity index (χ0v) is 28.2. The van der Waals surface area contributed by atoms with Crippen LogP contribution in [0.15, 0.2) is 72.9 Å². The number of fused-ring (bicyclic) bond motifs is 2. The van der Waals surface area contributed by atoms with Crippen LogP contribution in [-0.2, 0) is 24.1 Å². The van der Waals surface area contributed by atoms with Crippen molar-refractivity contribution in [1.82, 2.24) is 25.1 Å². The number of methoxy groups -OCH3 is 2. The van der Waals surface area contributed by atoms with Crippen molar-refractivity contribution in [2.75, 3.05) is 14.2 Å². The fraction of sp³-hybridized carbons (Fsp3) is 0.333. The van der Waals surface area contributed by atoms with Crippen molar-refractivity contribution >= 4 is 22.7 Å². The number of carbonyl (C=O) groups is 1. The molecule has 1 N–H and O–H groups in total. The second-order valence-corrected chi connectivity index (χ2v) is 13.5. The molecule has 0 bridgehead atoms. The van der Waals surface area contributed by atoms with Gasteiger partial charge in [-0.15, -0.1) is 0 Å². The van der Waals surface area contributed by atoms with E-state index < -0.39 is 11.7 Å². The van der Waals surface area contributed by atoms with Crippen LogP contribution >= 0.6 is 0 Å². The van der Waals surface area contributed by atoms with Gasteiger partial charge >= 0.3 is 6.09 Å². The Labute approximate surface area is 281 Å². The number of aromatic nitrogens is 4.